The Labute approximate surface area is 168 Å². The molecule has 0 saturated carbocycles. The molecule has 0 atom stereocenters. The molecule has 0 fully saturated rings. The van der Waals surface area contributed by atoms with Gasteiger partial charge in [-0.2, -0.15) is 5.10 Å². The molecule has 4 aromatic rings. The van der Waals surface area contributed by atoms with E-state index in [0.717, 1.165) is 33.3 Å². The fourth-order valence-electron chi connectivity index (χ4n) is 3.18. The average Bonchev–Trinajstić information content (AvgIpc) is 3.20. The largest absolute Gasteiger partial charge is 0.366 e. The van der Waals surface area contributed by atoms with E-state index in [2.05, 4.69) is 45.9 Å². The highest BCUT2D eigenvalue weighted by Crippen LogP contribution is 2.30. The van der Waals surface area contributed by atoms with Gasteiger partial charge < -0.3 is 15.2 Å². The topological polar surface area (TPSA) is 92.9 Å². The van der Waals surface area contributed by atoms with Crippen molar-refractivity contribution in [1.82, 2.24) is 15.4 Å². The fraction of sp³-hybridized carbons (Fsp3) is 0.182. The molecule has 4 rings (SSSR count). The molecule has 2 aromatic carbocycles. The first-order chi connectivity index (χ1) is 14.0. The van der Waals surface area contributed by atoms with Crippen molar-refractivity contribution in [2.24, 2.45) is 0 Å². The summed E-state index contributed by atoms with van der Waals surface area (Å²) in [5, 5.41) is 20.1. The van der Waals surface area contributed by atoms with Crippen LogP contribution in [0.2, 0.25) is 0 Å². The Morgan fingerprint density at radius 1 is 1.10 bits per heavy atom. The minimum atomic E-state index is -0.241. The quantitative estimate of drug-likeness (QED) is 0.517. The van der Waals surface area contributed by atoms with E-state index >= 15 is 0 Å². The van der Waals surface area contributed by atoms with Crippen molar-refractivity contribution in [1.29, 1.82) is 0 Å². The zero-order valence-corrected chi connectivity index (χ0v) is 16.4. The molecule has 0 saturated heterocycles. The summed E-state index contributed by atoms with van der Waals surface area (Å²) in [6, 6.07) is 13.6. The molecule has 0 aliphatic carbocycles. The van der Waals surface area contributed by atoms with Gasteiger partial charge >= 0.3 is 0 Å². The highest BCUT2D eigenvalue weighted by atomic mass is 16.5. The highest BCUT2D eigenvalue weighted by Gasteiger charge is 2.12. The van der Waals surface area contributed by atoms with Crippen molar-refractivity contribution in [2.75, 3.05) is 10.6 Å². The number of hydrogen-bond acceptors (Lipinski definition) is 6. The molecule has 2 heterocycles. The summed E-state index contributed by atoms with van der Waals surface area (Å²) in [6.07, 6.45) is 3.16. The third-order valence-corrected chi connectivity index (χ3v) is 4.58. The average molecular weight is 387 g/mol. The maximum Gasteiger partial charge on any atom is 0.256 e. The van der Waals surface area contributed by atoms with Gasteiger partial charge in [0.05, 0.1) is 6.20 Å². The van der Waals surface area contributed by atoms with Crippen molar-refractivity contribution in [3.63, 3.8) is 0 Å². The van der Waals surface area contributed by atoms with Crippen LogP contribution in [0.1, 0.15) is 29.8 Å². The summed E-state index contributed by atoms with van der Waals surface area (Å²) >= 11 is 0. The smallest absolute Gasteiger partial charge is 0.256 e. The Morgan fingerprint density at radius 3 is 2.72 bits per heavy atom. The van der Waals surface area contributed by atoms with Gasteiger partial charge in [0.2, 0.25) is 0 Å². The van der Waals surface area contributed by atoms with Gasteiger partial charge in [-0.1, -0.05) is 17.3 Å². The second-order valence-electron chi connectivity index (χ2n) is 7.16. The van der Waals surface area contributed by atoms with E-state index in [1.165, 1.54) is 6.26 Å². The van der Waals surface area contributed by atoms with Gasteiger partial charge in [0.15, 0.2) is 11.6 Å². The zero-order chi connectivity index (χ0) is 20.4. The summed E-state index contributed by atoms with van der Waals surface area (Å²) < 4.78 is 4.76. The standard InChI is InChI=1S/C22H21N5O2/c1-13(2)24-21-18-7-6-15(10-17(18)12-23-26-21)19-11-16(5-4-14(19)3)22(28)25-20-8-9-29-27-20/h4-13H,1-3H3,(H,24,26)(H,25,27,28). The number of anilines is 2. The number of rotatable bonds is 5. The summed E-state index contributed by atoms with van der Waals surface area (Å²) in [5.41, 5.74) is 3.61. The number of aryl methyl sites for hydroxylation is 1. The van der Waals surface area contributed by atoms with E-state index in [1.54, 1.807) is 18.3 Å². The molecule has 0 bridgehead atoms. The number of carbonyl (C=O) groups excluding carboxylic acids is 1. The van der Waals surface area contributed by atoms with Crippen LogP contribution in [0, 0.1) is 6.92 Å². The van der Waals surface area contributed by atoms with Crippen molar-refractivity contribution in [3.05, 3.63) is 66.1 Å². The third-order valence-electron chi connectivity index (χ3n) is 4.58. The molecule has 0 unspecified atom stereocenters. The first-order valence-electron chi connectivity index (χ1n) is 9.36. The van der Waals surface area contributed by atoms with Crippen LogP contribution < -0.4 is 10.6 Å². The number of carbonyl (C=O) groups is 1. The van der Waals surface area contributed by atoms with Gasteiger partial charge in [0, 0.05) is 28.4 Å². The second-order valence-corrected chi connectivity index (χ2v) is 7.16. The molecule has 0 radical (unpaired) electrons. The van der Waals surface area contributed by atoms with Gasteiger partial charge in [0.25, 0.3) is 5.91 Å². The molecule has 0 aliphatic rings. The van der Waals surface area contributed by atoms with Gasteiger partial charge in [-0.05, 0) is 61.7 Å². The molecule has 0 spiro atoms. The van der Waals surface area contributed by atoms with Crippen LogP contribution in [0.4, 0.5) is 11.6 Å². The van der Waals surface area contributed by atoms with Crippen LogP contribution in [0.25, 0.3) is 21.9 Å². The van der Waals surface area contributed by atoms with Crippen LogP contribution in [0.15, 0.2) is 59.4 Å². The minimum Gasteiger partial charge on any atom is -0.366 e. The fourth-order valence-corrected chi connectivity index (χ4v) is 3.18. The molecule has 1 amide bonds. The molecule has 2 N–H and O–H groups in total. The number of nitrogens with one attached hydrogen (secondary N) is 2. The maximum absolute atomic E-state index is 12.5. The second kappa shape index (κ2) is 7.71. The number of amides is 1. The van der Waals surface area contributed by atoms with Crippen LogP contribution in [0.3, 0.4) is 0 Å². The van der Waals surface area contributed by atoms with Crippen LogP contribution >= 0.6 is 0 Å². The summed E-state index contributed by atoms with van der Waals surface area (Å²) in [7, 11) is 0. The first-order valence-corrected chi connectivity index (χ1v) is 9.36. The van der Waals surface area contributed by atoms with Gasteiger partial charge in [-0.25, -0.2) is 0 Å². The van der Waals surface area contributed by atoms with Crippen molar-refractivity contribution >= 4 is 28.3 Å². The van der Waals surface area contributed by atoms with E-state index < -0.39 is 0 Å². The highest BCUT2D eigenvalue weighted by molar-refractivity contribution is 6.04. The molecule has 7 heteroatoms. The lowest BCUT2D eigenvalue weighted by atomic mass is 9.96. The Hall–Kier alpha value is -3.74. The predicted octanol–water partition coefficient (Wildman–Crippen LogP) is 4.67. The van der Waals surface area contributed by atoms with Gasteiger partial charge in [-0.3, -0.25) is 4.79 Å². The first kappa shape index (κ1) is 18.6. The van der Waals surface area contributed by atoms with Crippen molar-refractivity contribution in [3.8, 4) is 11.1 Å². The number of hydrogen-bond donors (Lipinski definition) is 2. The Kier molecular flexibility index (Phi) is 4.95. The molecular weight excluding hydrogens is 366 g/mol. The van der Waals surface area contributed by atoms with Crippen LogP contribution in [-0.4, -0.2) is 27.3 Å². The lowest BCUT2D eigenvalue weighted by Gasteiger charge is -2.13. The number of benzene rings is 2. The molecule has 146 valence electrons. The van der Waals surface area contributed by atoms with E-state index in [9.17, 15) is 4.79 Å². The number of fused-ring (bicyclic) bond motifs is 1. The number of nitrogens with zero attached hydrogens (tertiary/aromatic N) is 3. The summed E-state index contributed by atoms with van der Waals surface area (Å²) in [5.74, 6) is 0.906. The summed E-state index contributed by atoms with van der Waals surface area (Å²) in [4.78, 5) is 12.5. The van der Waals surface area contributed by atoms with Gasteiger partial charge in [0.1, 0.15) is 6.26 Å². The van der Waals surface area contributed by atoms with Crippen LogP contribution in [-0.2, 0) is 0 Å². The van der Waals surface area contributed by atoms with E-state index in [4.69, 9.17) is 4.52 Å². The maximum atomic E-state index is 12.5. The number of aromatic nitrogens is 3. The Morgan fingerprint density at radius 2 is 1.97 bits per heavy atom. The molecule has 0 aliphatic heterocycles. The predicted molar refractivity (Wildman–Crippen MR) is 113 cm³/mol. The molecule has 2 aromatic heterocycles. The van der Waals surface area contributed by atoms with E-state index in [-0.39, 0.29) is 11.9 Å². The van der Waals surface area contributed by atoms with Gasteiger partial charge in [-0.15, -0.1) is 5.10 Å². The monoisotopic (exact) mass is 387 g/mol. The molecule has 29 heavy (non-hydrogen) atoms. The van der Waals surface area contributed by atoms with Crippen LogP contribution in [0.5, 0.6) is 0 Å². The Bertz CT molecular complexity index is 1170. The zero-order valence-electron chi connectivity index (χ0n) is 16.4. The van der Waals surface area contributed by atoms with E-state index in [1.807, 2.05) is 31.2 Å². The summed E-state index contributed by atoms with van der Waals surface area (Å²) in [6.45, 7) is 6.15. The normalized spacial score (nSPS) is 11.0. The lowest BCUT2D eigenvalue weighted by Crippen LogP contribution is -2.12. The minimum absolute atomic E-state index is 0.241. The Balaban J connectivity index is 1.70. The lowest BCUT2D eigenvalue weighted by molar-refractivity contribution is 0.102. The molecular formula is C22H21N5O2. The van der Waals surface area contributed by atoms with Crippen molar-refractivity contribution < 1.29 is 9.32 Å². The third kappa shape index (κ3) is 3.94. The van der Waals surface area contributed by atoms with E-state index in [0.29, 0.717) is 11.4 Å². The SMILES string of the molecule is Cc1ccc(C(=O)Nc2ccon2)cc1-c1ccc2c(NC(C)C)nncc2c1. The van der Waals surface area contributed by atoms with Crippen molar-refractivity contribution in [2.45, 2.75) is 26.8 Å². The molecule has 7 nitrogen and oxygen atoms in total.